The molecule has 19 nitrogen and oxygen atoms in total. The van der Waals surface area contributed by atoms with E-state index in [0.29, 0.717) is 6.42 Å². The number of ether oxygens (including phenoxy) is 6. The summed E-state index contributed by atoms with van der Waals surface area (Å²) in [5, 5.41) is 118. The Hall–Kier alpha value is -1.21. The predicted molar refractivity (Wildman–Crippen MR) is 231 cm³/mol. The molecule has 3 aliphatic rings. The van der Waals surface area contributed by atoms with Crippen molar-refractivity contribution in [3.63, 3.8) is 0 Å². The number of unbranched alkanes of at least 4 members (excludes halogenated alkanes) is 19. The van der Waals surface area contributed by atoms with Gasteiger partial charge in [0.1, 0.15) is 73.2 Å². The maximum Gasteiger partial charge on any atom is 0.217 e. The summed E-state index contributed by atoms with van der Waals surface area (Å²) < 4.78 is 33.7. The molecule has 3 saturated heterocycles. The van der Waals surface area contributed by atoms with E-state index in [2.05, 4.69) is 12.2 Å². The first kappa shape index (κ1) is 57.1. The van der Waals surface area contributed by atoms with Crippen molar-refractivity contribution in [1.29, 1.82) is 0 Å². The van der Waals surface area contributed by atoms with Crippen molar-refractivity contribution in [3.05, 3.63) is 0 Å². The van der Waals surface area contributed by atoms with Crippen LogP contribution in [0.2, 0.25) is 0 Å². The Morgan fingerprint density at radius 3 is 1.27 bits per heavy atom. The summed E-state index contributed by atoms with van der Waals surface area (Å²) in [6.45, 7) is 0.836. The first-order valence-electron chi connectivity index (χ1n) is 24.2. The third kappa shape index (κ3) is 18.7. The van der Waals surface area contributed by atoms with Crippen molar-refractivity contribution in [2.75, 3.05) is 26.4 Å². The summed E-state index contributed by atoms with van der Waals surface area (Å²) in [6, 6.07) is -0.881. The summed E-state index contributed by atoms with van der Waals surface area (Å²) in [4.78, 5) is 12.0. The summed E-state index contributed by atoms with van der Waals surface area (Å²) in [7, 11) is 0. The minimum atomic E-state index is -1.96. The molecule has 12 N–H and O–H groups in total. The highest BCUT2D eigenvalue weighted by molar-refractivity contribution is 5.73. The Morgan fingerprint density at radius 2 is 0.859 bits per heavy atom. The molecule has 3 rings (SSSR count). The molecule has 0 spiro atoms. The molecule has 64 heavy (non-hydrogen) atoms. The average Bonchev–Trinajstić information content (AvgIpc) is 3.28. The van der Waals surface area contributed by atoms with Gasteiger partial charge in [-0.2, -0.15) is 0 Å². The van der Waals surface area contributed by atoms with Crippen molar-refractivity contribution in [1.82, 2.24) is 5.32 Å². The fourth-order valence-corrected chi connectivity index (χ4v) is 8.70. The number of hydrogen-bond donors (Lipinski definition) is 12. The number of aliphatic hydroxyl groups is 11. The van der Waals surface area contributed by atoms with Gasteiger partial charge in [0.15, 0.2) is 18.9 Å². The van der Waals surface area contributed by atoms with Crippen LogP contribution in [0.1, 0.15) is 149 Å². The van der Waals surface area contributed by atoms with Crippen molar-refractivity contribution in [3.8, 4) is 0 Å². The maximum absolute atomic E-state index is 12.0. The minimum absolute atomic E-state index is 0.317. The smallest absolute Gasteiger partial charge is 0.217 e. The summed E-state index contributed by atoms with van der Waals surface area (Å²) in [5.41, 5.74) is 0. The highest BCUT2D eigenvalue weighted by Crippen LogP contribution is 2.33. The zero-order valence-corrected chi connectivity index (χ0v) is 38.3. The van der Waals surface area contributed by atoms with Crippen molar-refractivity contribution < 1.29 is 89.4 Å². The lowest BCUT2D eigenvalue weighted by molar-refractivity contribution is -0.379. The van der Waals surface area contributed by atoms with Crippen LogP contribution in [0.5, 0.6) is 0 Å². The van der Waals surface area contributed by atoms with E-state index < -0.39 is 130 Å². The van der Waals surface area contributed by atoms with Crippen LogP contribution < -0.4 is 5.32 Å². The third-order valence-corrected chi connectivity index (χ3v) is 12.7. The molecule has 0 radical (unpaired) electrons. The van der Waals surface area contributed by atoms with Gasteiger partial charge in [0.25, 0.3) is 0 Å². The second-order valence-electron chi connectivity index (χ2n) is 18.0. The van der Waals surface area contributed by atoms with Crippen LogP contribution in [0.3, 0.4) is 0 Å². The number of aliphatic hydroxyl groups excluding tert-OH is 11. The van der Waals surface area contributed by atoms with Gasteiger partial charge >= 0.3 is 0 Å². The number of amides is 1. The number of nitrogens with one attached hydrogen (secondary N) is 1. The lowest BCUT2D eigenvalue weighted by atomic mass is 9.96. The van der Waals surface area contributed by atoms with E-state index in [1.807, 2.05) is 0 Å². The van der Waals surface area contributed by atoms with Gasteiger partial charge < -0.3 is 89.9 Å². The van der Waals surface area contributed by atoms with Crippen LogP contribution in [-0.2, 0) is 33.2 Å². The van der Waals surface area contributed by atoms with E-state index >= 15 is 0 Å². The van der Waals surface area contributed by atoms with Gasteiger partial charge in [-0.1, -0.05) is 135 Å². The van der Waals surface area contributed by atoms with Crippen molar-refractivity contribution in [2.45, 2.75) is 253 Å². The molecule has 3 aliphatic heterocycles. The standard InChI is InChI=1S/C45H85NO18/c1-3-4-5-6-7-8-9-10-11-12-13-14-15-16-17-18-19-20-21-22-23-30(51)29(46-28(2)50)27-59-43-39(57)36(54)41(32(25-48)61-43)64-45-40(58)37(55)42(33(26-49)62-45)63-44-38(56)35(53)34(52)31(24-47)60-44/h29-45,47-49,51-58H,3-27H2,1-2H3,(H,46,50). The molecule has 3 fully saturated rings. The van der Waals surface area contributed by atoms with Gasteiger partial charge in [-0.25, -0.2) is 0 Å². The molecule has 0 aromatic heterocycles. The first-order chi connectivity index (χ1) is 30.8. The second-order valence-corrected chi connectivity index (χ2v) is 18.0. The number of hydrogen-bond acceptors (Lipinski definition) is 18. The highest BCUT2D eigenvalue weighted by Gasteiger charge is 2.53. The zero-order chi connectivity index (χ0) is 47.0. The molecule has 0 aromatic rings. The number of carbonyl (C=O) groups is 1. The molecule has 0 aliphatic carbocycles. The summed E-state index contributed by atoms with van der Waals surface area (Å²) >= 11 is 0. The van der Waals surface area contributed by atoms with Crippen LogP contribution in [0.15, 0.2) is 0 Å². The molecule has 378 valence electrons. The number of carbonyl (C=O) groups excluding carboxylic acids is 1. The molecule has 0 aromatic carbocycles. The van der Waals surface area contributed by atoms with Gasteiger partial charge in [0.05, 0.1) is 38.6 Å². The van der Waals surface area contributed by atoms with Gasteiger partial charge in [-0.15, -0.1) is 0 Å². The second kappa shape index (κ2) is 31.8. The fourth-order valence-electron chi connectivity index (χ4n) is 8.70. The fraction of sp³-hybridized carbons (Fsp3) is 0.978. The molecule has 19 heteroatoms. The molecule has 3 heterocycles. The SMILES string of the molecule is CCCCCCCCCCCCCCCCCCCCCCC(O)C(COC1OC(CO)C(OC2OC(CO)C(OC3OC(CO)C(O)C(O)C3O)C(O)C2O)C(O)C1O)NC(C)=O. The third-order valence-electron chi connectivity index (χ3n) is 12.7. The van der Waals surface area contributed by atoms with Gasteiger partial charge in [0, 0.05) is 6.92 Å². The molecule has 0 bridgehead atoms. The van der Waals surface area contributed by atoms with Crippen molar-refractivity contribution in [2.24, 2.45) is 0 Å². The lowest BCUT2D eigenvalue weighted by Crippen LogP contribution is -2.66. The van der Waals surface area contributed by atoms with Gasteiger partial charge in [0.2, 0.25) is 5.91 Å². The Labute approximate surface area is 379 Å². The average molecular weight is 928 g/mol. The highest BCUT2D eigenvalue weighted by atomic mass is 16.8. The van der Waals surface area contributed by atoms with E-state index in [4.69, 9.17) is 28.4 Å². The first-order valence-corrected chi connectivity index (χ1v) is 24.2. The van der Waals surface area contributed by atoms with Gasteiger partial charge in [-0.05, 0) is 6.42 Å². The normalized spacial score (nSPS) is 34.4. The number of rotatable bonds is 33. The maximum atomic E-state index is 12.0. The van der Waals surface area contributed by atoms with Crippen molar-refractivity contribution >= 4 is 5.91 Å². The predicted octanol–water partition coefficient (Wildman–Crippen LogP) is 0.529. The molecule has 17 unspecified atom stereocenters. The Bertz CT molecular complexity index is 1200. The molecular formula is C45H85NO18. The quantitative estimate of drug-likeness (QED) is 0.0400. The van der Waals surface area contributed by atoms with Crippen LogP contribution in [0.4, 0.5) is 0 Å². The van der Waals surface area contributed by atoms with E-state index in [1.54, 1.807) is 0 Å². The van der Waals surface area contributed by atoms with E-state index in [1.165, 1.54) is 110 Å². The topological polar surface area (TPSA) is 307 Å². The van der Waals surface area contributed by atoms with Crippen LogP contribution in [0, 0.1) is 0 Å². The molecule has 0 saturated carbocycles. The molecule has 1 amide bonds. The zero-order valence-electron chi connectivity index (χ0n) is 38.3. The summed E-state index contributed by atoms with van der Waals surface area (Å²) in [5.74, 6) is -0.418. The largest absolute Gasteiger partial charge is 0.394 e. The minimum Gasteiger partial charge on any atom is -0.394 e. The Balaban J connectivity index is 1.36. The Kier molecular flexibility index (Phi) is 28.3. The van der Waals surface area contributed by atoms with Crippen LogP contribution >= 0.6 is 0 Å². The summed E-state index contributed by atoms with van der Waals surface area (Å²) in [6.07, 6.45) is -0.897. The van der Waals surface area contributed by atoms with Crippen LogP contribution in [0.25, 0.3) is 0 Å². The monoisotopic (exact) mass is 928 g/mol. The Morgan fingerprint density at radius 1 is 0.500 bits per heavy atom. The molecular weight excluding hydrogens is 842 g/mol. The van der Waals surface area contributed by atoms with E-state index in [-0.39, 0.29) is 6.61 Å². The lowest BCUT2D eigenvalue weighted by Gasteiger charge is -2.48. The van der Waals surface area contributed by atoms with Crippen LogP contribution in [-0.4, -0.2) is 193 Å². The molecule has 17 atom stereocenters. The van der Waals surface area contributed by atoms with Gasteiger partial charge in [-0.3, -0.25) is 4.79 Å². The van der Waals surface area contributed by atoms with E-state index in [0.717, 1.165) is 25.7 Å². The van der Waals surface area contributed by atoms with E-state index in [9.17, 15) is 61.0 Å².